The van der Waals surface area contributed by atoms with Crippen LogP contribution in [-0.4, -0.2) is 13.1 Å². The van der Waals surface area contributed by atoms with Crippen LogP contribution in [0.2, 0.25) is 0 Å². The molecule has 0 amide bonds. The molecule has 0 saturated heterocycles. The first-order chi connectivity index (χ1) is 14.1. The number of aryl methyl sites for hydroxylation is 4. The van der Waals surface area contributed by atoms with Crippen molar-refractivity contribution in [2.24, 2.45) is 0 Å². The van der Waals surface area contributed by atoms with Gasteiger partial charge in [0.05, 0.1) is 0 Å². The third-order valence-corrected chi connectivity index (χ3v) is 12.9. The second-order valence-electron chi connectivity index (χ2n) is 8.29. The van der Waals surface area contributed by atoms with E-state index in [4.69, 9.17) is 0 Å². The van der Waals surface area contributed by atoms with Crippen LogP contribution in [0.1, 0.15) is 22.3 Å². The summed E-state index contributed by atoms with van der Waals surface area (Å²) < 4.78 is 6.05. The molecule has 0 nitrogen and oxygen atoms in total. The molecule has 4 rings (SSSR count). The zero-order valence-corrected chi connectivity index (χ0v) is 20.8. The third-order valence-electron chi connectivity index (χ3n) is 6.62. The zero-order valence-electron chi connectivity index (χ0n) is 18.1. The Balaban J connectivity index is 0.00000256. The van der Waals surface area contributed by atoms with Gasteiger partial charge in [-0.05, 0) is 27.7 Å². The minimum atomic E-state index is -2.90. The van der Waals surface area contributed by atoms with E-state index in [2.05, 4.69) is 125 Å². The summed E-state index contributed by atoms with van der Waals surface area (Å²) in [6, 6.07) is 36.1. The number of benzene rings is 4. The van der Waals surface area contributed by atoms with Crippen LogP contribution in [0.3, 0.4) is 0 Å². The van der Waals surface area contributed by atoms with Gasteiger partial charge in [-0.25, -0.2) is 17.7 Å². The van der Waals surface area contributed by atoms with Crippen LogP contribution in [0.15, 0.2) is 97.1 Å². The van der Waals surface area contributed by atoms with E-state index in [1.54, 1.807) is 0 Å². The summed E-state index contributed by atoms with van der Waals surface area (Å²) in [6.45, 7) is 9.11. The minimum Gasteiger partial charge on any atom is -0.215 e. The fourth-order valence-electron chi connectivity index (χ4n) is 5.30. The second kappa shape index (κ2) is 9.53. The first-order valence-corrected chi connectivity index (χ1v) is 12.8. The average molecular weight is 499 g/mol. The SMILES string of the molecule is Cc1cccc[c]1[Al-]([c]1ccccc1C)([c]1ccccc1C)[c]1ccccc1C.[Ag+]. The van der Waals surface area contributed by atoms with Gasteiger partial charge in [-0.1, -0.05) is 95.1 Å². The Kier molecular flexibility index (Phi) is 7.25. The first kappa shape index (κ1) is 22.8. The summed E-state index contributed by atoms with van der Waals surface area (Å²) >= 11 is -2.90. The Morgan fingerprint density at radius 3 is 0.767 bits per heavy atom. The molecule has 0 N–H and O–H groups in total. The number of rotatable bonds is 4. The molecule has 0 atom stereocenters. The summed E-state index contributed by atoms with van der Waals surface area (Å²) in [5.41, 5.74) is 5.53. The van der Waals surface area contributed by atoms with Crippen molar-refractivity contribution in [2.75, 3.05) is 0 Å². The molecule has 0 fully saturated rings. The summed E-state index contributed by atoms with van der Waals surface area (Å²) in [4.78, 5) is 0. The Bertz CT molecular complexity index is 975. The summed E-state index contributed by atoms with van der Waals surface area (Å²) in [5.74, 6) is 0. The molecular formula is C28H28AgAl. The van der Waals surface area contributed by atoms with Crippen LogP contribution in [0.4, 0.5) is 0 Å². The van der Waals surface area contributed by atoms with Crippen LogP contribution < -0.4 is 17.7 Å². The van der Waals surface area contributed by atoms with Crippen molar-refractivity contribution in [1.29, 1.82) is 0 Å². The van der Waals surface area contributed by atoms with Crippen molar-refractivity contribution in [1.82, 2.24) is 0 Å². The van der Waals surface area contributed by atoms with Gasteiger partial charge in [0.1, 0.15) is 0 Å². The maximum atomic E-state index is 2.38. The van der Waals surface area contributed by atoms with E-state index in [0.29, 0.717) is 0 Å². The van der Waals surface area contributed by atoms with Crippen LogP contribution in [0.5, 0.6) is 0 Å². The molecule has 0 aliphatic heterocycles. The molecule has 0 aliphatic rings. The Labute approximate surface area is 199 Å². The Morgan fingerprint density at radius 2 is 0.567 bits per heavy atom. The van der Waals surface area contributed by atoms with Gasteiger partial charge < -0.3 is 0 Å². The standard InChI is InChI=1S/4C7H7.Ag.Al/c4*1-7-5-3-2-4-6-7;;/h4*2-5H,1H3;;/q;;;;+1;-1. The second-order valence-corrected chi connectivity index (χ2v) is 12.5. The smallest absolute Gasteiger partial charge is 0.215 e. The third kappa shape index (κ3) is 3.78. The molecular weight excluding hydrogens is 471 g/mol. The first-order valence-electron chi connectivity index (χ1n) is 10.5. The summed E-state index contributed by atoms with van der Waals surface area (Å²) in [5, 5.41) is 0. The summed E-state index contributed by atoms with van der Waals surface area (Å²) in [7, 11) is 0. The van der Waals surface area contributed by atoms with Gasteiger partial charge in [-0.15, -0.1) is 24.3 Å². The summed E-state index contributed by atoms with van der Waals surface area (Å²) in [6.07, 6.45) is 0. The van der Waals surface area contributed by atoms with Crippen molar-refractivity contribution < 1.29 is 22.4 Å². The zero-order chi connectivity index (χ0) is 20.4. The molecule has 154 valence electrons. The molecule has 0 spiro atoms. The van der Waals surface area contributed by atoms with Gasteiger partial charge in [0, 0.05) is 0 Å². The molecule has 4 aromatic carbocycles. The van der Waals surface area contributed by atoms with E-state index in [0.717, 1.165) is 0 Å². The average Bonchev–Trinajstić information content (AvgIpc) is 2.73. The molecule has 0 unspecified atom stereocenters. The van der Waals surface area contributed by atoms with E-state index in [9.17, 15) is 0 Å². The van der Waals surface area contributed by atoms with Crippen molar-refractivity contribution in [3.05, 3.63) is 119 Å². The van der Waals surface area contributed by atoms with Gasteiger partial charge >= 0.3 is 22.4 Å². The number of hydrogen-bond donors (Lipinski definition) is 0. The topological polar surface area (TPSA) is 0 Å². The molecule has 2 heteroatoms. The van der Waals surface area contributed by atoms with E-state index in [1.807, 2.05) is 0 Å². The fourth-order valence-corrected chi connectivity index (χ4v) is 12.0. The van der Waals surface area contributed by atoms with Gasteiger partial charge in [-0.2, -0.15) is 0 Å². The maximum absolute atomic E-state index is 2.90. The van der Waals surface area contributed by atoms with Crippen LogP contribution in [0, 0.1) is 27.7 Å². The monoisotopic (exact) mass is 498 g/mol. The Morgan fingerprint density at radius 1 is 0.367 bits per heavy atom. The van der Waals surface area contributed by atoms with Crippen molar-refractivity contribution in [3.63, 3.8) is 0 Å². The fraction of sp³-hybridized carbons (Fsp3) is 0.143. The maximum Gasteiger partial charge on any atom is 1.00 e. The Hall–Kier alpha value is -1.85. The van der Waals surface area contributed by atoms with Gasteiger partial charge in [0.25, 0.3) is 13.1 Å². The molecule has 0 aromatic heterocycles. The molecule has 4 aromatic rings. The van der Waals surface area contributed by atoms with Crippen molar-refractivity contribution in [2.45, 2.75) is 27.7 Å². The van der Waals surface area contributed by atoms with E-state index in [-0.39, 0.29) is 22.4 Å². The van der Waals surface area contributed by atoms with Gasteiger partial charge in [0.15, 0.2) is 0 Å². The molecule has 0 saturated carbocycles. The molecule has 0 aliphatic carbocycles. The quantitative estimate of drug-likeness (QED) is 0.368. The van der Waals surface area contributed by atoms with Crippen LogP contribution >= 0.6 is 0 Å². The van der Waals surface area contributed by atoms with E-state index >= 15 is 0 Å². The molecule has 0 radical (unpaired) electrons. The van der Waals surface area contributed by atoms with E-state index < -0.39 is 13.1 Å². The normalized spacial score (nSPS) is 11.1. The molecule has 0 heterocycles. The largest absolute Gasteiger partial charge is 1.00 e. The molecule has 0 bridgehead atoms. The van der Waals surface area contributed by atoms with Crippen LogP contribution in [0.25, 0.3) is 0 Å². The predicted molar refractivity (Wildman–Crippen MR) is 129 cm³/mol. The molecule has 30 heavy (non-hydrogen) atoms. The van der Waals surface area contributed by atoms with Crippen LogP contribution in [-0.2, 0) is 22.4 Å². The van der Waals surface area contributed by atoms with Gasteiger partial charge in [-0.3, -0.25) is 0 Å². The minimum absolute atomic E-state index is 0. The van der Waals surface area contributed by atoms with Crippen molar-refractivity contribution >= 4 is 30.8 Å². The van der Waals surface area contributed by atoms with E-state index in [1.165, 1.54) is 40.0 Å². The van der Waals surface area contributed by atoms with Crippen molar-refractivity contribution in [3.8, 4) is 0 Å². The van der Waals surface area contributed by atoms with Gasteiger partial charge in [0.2, 0.25) is 0 Å². The predicted octanol–water partition coefficient (Wildman–Crippen LogP) is 4.30. The number of hydrogen-bond acceptors (Lipinski definition) is 0.